The minimum Gasteiger partial charge on any atom is -0.395 e. The van der Waals surface area contributed by atoms with E-state index in [-0.39, 0.29) is 12.0 Å². The van der Waals surface area contributed by atoms with Crippen LogP contribution in [-0.2, 0) is 11.8 Å². The zero-order chi connectivity index (χ0) is 13.9. The van der Waals surface area contributed by atoms with Crippen LogP contribution in [0.1, 0.15) is 29.2 Å². The van der Waals surface area contributed by atoms with Crippen molar-refractivity contribution in [2.75, 3.05) is 6.61 Å². The molecule has 100 valence electrons. The lowest BCUT2D eigenvalue weighted by atomic mass is 9.77. The van der Waals surface area contributed by atoms with Crippen molar-refractivity contribution in [3.05, 3.63) is 70.8 Å². The SMILES string of the molecule is Cc1ccc(CC(C)(CO)c2cccc(C)c2)cc1. The second kappa shape index (κ2) is 5.58. The highest BCUT2D eigenvalue weighted by atomic mass is 16.3. The van der Waals surface area contributed by atoms with Gasteiger partial charge in [-0.2, -0.15) is 0 Å². The molecule has 0 radical (unpaired) electrons. The first-order valence-corrected chi connectivity index (χ1v) is 6.77. The van der Waals surface area contributed by atoms with Crippen LogP contribution in [0.5, 0.6) is 0 Å². The van der Waals surface area contributed by atoms with Gasteiger partial charge in [-0.05, 0) is 31.4 Å². The molecule has 0 bridgehead atoms. The third-order valence-corrected chi connectivity index (χ3v) is 3.78. The molecule has 0 aliphatic rings. The van der Waals surface area contributed by atoms with Crippen LogP contribution >= 0.6 is 0 Å². The molecule has 0 aliphatic carbocycles. The zero-order valence-electron chi connectivity index (χ0n) is 12.0. The van der Waals surface area contributed by atoms with Crippen LogP contribution in [0.2, 0.25) is 0 Å². The molecule has 2 aromatic carbocycles. The number of aryl methyl sites for hydroxylation is 2. The molecule has 1 unspecified atom stereocenters. The van der Waals surface area contributed by atoms with Gasteiger partial charge in [0.1, 0.15) is 0 Å². The van der Waals surface area contributed by atoms with Crippen molar-refractivity contribution in [1.29, 1.82) is 0 Å². The van der Waals surface area contributed by atoms with Crippen LogP contribution in [0.3, 0.4) is 0 Å². The average Bonchev–Trinajstić information content (AvgIpc) is 2.41. The minimum absolute atomic E-state index is 0.157. The van der Waals surface area contributed by atoms with Crippen molar-refractivity contribution in [2.45, 2.75) is 32.6 Å². The normalized spacial score (nSPS) is 14.1. The van der Waals surface area contributed by atoms with E-state index in [2.05, 4.69) is 69.3 Å². The summed E-state index contributed by atoms with van der Waals surface area (Å²) in [6.45, 7) is 6.47. The van der Waals surface area contributed by atoms with Crippen LogP contribution in [-0.4, -0.2) is 11.7 Å². The summed E-state index contributed by atoms with van der Waals surface area (Å²) < 4.78 is 0. The zero-order valence-corrected chi connectivity index (χ0v) is 12.0. The van der Waals surface area contributed by atoms with Gasteiger partial charge < -0.3 is 5.11 Å². The topological polar surface area (TPSA) is 20.2 Å². The van der Waals surface area contributed by atoms with Gasteiger partial charge in [0, 0.05) is 5.41 Å². The molecule has 0 saturated carbocycles. The Morgan fingerprint density at radius 2 is 1.63 bits per heavy atom. The van der Waals surface area contributed by atoms with Crippen LogP contribution in [0.4, 0.5) is 0 Å². The van der Waals surface area contributed by atoms with Gasteiger partial charge in [0.25, 0.3) is 0 Å². The molecule has 0 amide bonds. The second-order valence-corrected chi connectivity index (χ2v) is 5.75. The fraction of sp³-hybridized carbons (Fsp3) is 0.333. The Hall–Kier alpha value is -1.60. The number of aliphatic hydroxyl groups is 1. The van der Waals surface area contributed by atoms with Crippen molar-refractivity contribution >= 4 is 0 Å². The monoisotopic (exact) mass is 254 g/mol. The minimum atomic E-state index is -0.221. The molecular formula is C18H22O. The third kappa shape index (κ3) is 3.24. The van der Waals surface area contributed by atoms with Crippen molar-refractivity contribution in [2.24, 2.45) is 0 Å². The molecule has 0 aliphatic heterocycles. The fourth-order valence-electron chi connectivity index (χ4n) is 2.43. The Kier molecular flexibility index (Phi) is 4.06. The largest absolute Gasteiger partial charge is 0.395 e. The van der Waals surface area contributed by atoms with Gasteiger partial charge in [0.05, 0.1) is 6.61 Å². The first-order chi connectivity index (χ1) is 9.03. The highest BCUT2D eigenvalue weighted by Gasteiger charge is 2.26. The summed E-state index contributed by atoms with van der Waals surface area (Å²) >= 11 is 0. The highest BCUT2D eigenvalue weighted by molar-refractivity contribution is 5.32. The first-order valence-electron chi connectivity index (χ1n) is 6.77. The van der Waals surface area contributed by atoms with E-state index in [4.69, 9.17) is 0 Å². The fourth-order valence-corrected chi connectivity index (χ4v) is 2.43. The maximum atomic E-state index is 9.85. The van der Waals surface area contributed by atoms with Crippen LogP contribution < -0.4 is 0 Å². The molecule has 1 heteroatoms. The van der Waals surface area contributed by atoms with Crippen molar-refractivity contribution in [3.63, 3.8) is 0 Å². The number of hydrogen-bond donors (Lipinski definition) is 1. The molecule has 0 heterocycles. The molecule has 1 atom stereocenters. The summed E-state index contributed by atoms with van der Waals surface area (Å²) in [6.07, 6.45) is 0.854. The predicted molar refractivity (Wildman–Crippen MR) is 80.5 cm³/mol. The van der Waals surface area contributed by atoms with E-state index in [0.717, 1.165) is 6.42 Å². The number of rotatable bonds is 4. The molecule has 0 fully saturated rings. The summed E-state index contributed by atoms with van der Waals surface area (Å²) in [5, 5.41) is 9.85. The summed E-state index contributed by atoms with van der Waals surface area (Å²) in [6, 6.07) is 17.0. The average molecular weight is 254 g/mol. The molecule has 2 rings (SSSR count). The van der Waals surface area contributed by atoms with Crippen molar-refractivity contribution in [3.8, 4) is 0 Å². The van der Waals surface area contributed by atoms with Gasteiger partial charge in [0.15, 0.2) is 0 Å². The Morgan fingerprint density at radius 1 is 0.947 bits per heavy atom. The molecule has 19 heavy (non-hydrogen) atoms. The smallest absolute Gasteiger partial charge is 0.0528 e. The van der Waals surface area contributed by atoms with Gasteiger partial charge in [-0.25, -0.2) is 0 Å². The molecule has 2 aromatic rings. The van der Waals surface area contributed by atoms with Gasteiger partial charge in [-0.3, -0.25) is 0 Å². The number of aliphatic hydroxyl groups excluding tert-OH is 1. The molecule has 1 N–H and O–H groups in total. The van der Waals surface area contributed by atoms with E-state index in [1.54, 1.807) is 0 Å². The van der Waals surface area contributed by atoms with Crippen molar-refractivity contribution in [1.82, 2.24) is 0 Å². The standard InChI is InChI=1S/C18H22O/c1-14-7-9-16(10-8-14)12-18(3,13-19)17-6-4-5-15(2)11-17/h4-11,19H,12-13H2,1-3H3. The summed E-state index contributed by atoms with van der Waals surface area (Å²) in [5.74, 6) is 0. The first kappa shape index (κ1) is 13.8. The van der Waals surface area contributed by atoms with E-state index >= 15 is 0 Å². The van der Waals surface area contributed by atoms with Crippen LogP contribution in [0, 0.1) is 13.8 Å². The maximum absolute atomic E-state index is 9.85. The van der Waals surface area contributed by atoms with E-state index in [1.807, 2.05) is 0 Å². The van der Waals surface area contributed by atoms with Gasteiger partial charge in [-0.15, -0.1) is 0 Å². The lowest BCUT2D eigenvalue weighted by Crippen LogP contribution is -2.29. The van der Waals surface area contributed by atoms with Gasteiger partial charge in [0.2, 0.25) is 0 Å². The Balaban J connectivity index is 2.30. The van der Waals surface area contributed by atoms with E-state index in [0.29, 0.717) is 0 Å². The Morgan fingerprint density at radius 3 is 2.21 bits per heavy atom. The van der Waals surface area contributed by atoms with E-state index in [1.165, 1.54) is 22.3 Å². The van der Waals surface area contributed by atoms with E-state index in [9.17, 15) is 5.11 Å². The maximum Gasteiger partial charge on any atom is 0.0528 e. The summed E-state index contributed by atoms with van der Waals surface area (Å²) in [5.41, 5.74) is 4.76. The van der Waals surface area contributed by atoms with Crippen LogP contribution in [0.25, 0.3) is 0 Å². The molecule has 0 spiro atoms. The Labute approximate surface area is 115 Å². The van der Waals surface area contributed by atoms with Gasteiger partial charge in [-0.1, -0.05) is 66.6 Å². The molecule has 0 aromatic heterocycles. The highest BCUT2D eigenvalue weighted by Crippen LogP contribution is 2.28. The summed E-state index contributed by atoms with van der Waals surface area (Å²) in [7, 11) is 0. The molecule has 0 saturated heterocycles. The lowest BCUT2D eigenvalue weighted by Gasteiger charge is -2.28. The Bertz CT molecular complexity index is 542. The van der Waals surface area contributed by atoms with E-state index < -0.39 is 0 Å². The quantitative estimate of drug-likeness (QED) is 0.880. The summed E-state index contributed by atoms with van der Waals surface area (Å²) in [4.78, 5) is 0. The molecule has 1 nitrogen and oxygen atoms in total. The predicted octanol–water partition coefficient (Wildman–Crippen LogP) is 3.80. The van der Waals surface area contributed by atoms with Gasteiger partial charge >= 0.3 is 0 Å². The molecular weight excluding hydrogens is 232 g/mol. The number of hydrogen-bond acceptors (Lipinski definition) is 1. The third-order valence-electron chi connectivity index (χ3n) is 3.78. The van der Waals surface area contributed by atoms with Crippen molar-refractivity contribution < 1.29 is 5.11 Å². The lowest BCUT2D eigenvalue weighted by molar-refractivity contribution is 0.204. The number of benzene rings is 2. The second-order valence-electron chi connectivity index (χ2n) is 5.75. The van der Waals surface area contributed by atoms with Crippen LogP contribution in [0.15, 0.2) is 48.5 Å².